The van der Waals surface area contributed by atoms with Crippen LogP contribution in [0.15, 0.2) is 34.8 Å². The Hall–Kier alpha value is -0.930. The van der Waals surface area contributed by atoms with Crippen molar-refractivity contribution in [1.82, 2.24) is 0 Å². The van der Waals surface area contributed by atoms with Gasteiger partial charge in [-0.2, -0.15) is 0 Å². The van der Waals surface area contributed by atoms with Crippen LogP contribution in [0.25, 0.3) is 10.8 Å². The quantitative estimate of drug-likeness (QED) is 0.721. The van der Waals surface area contributed by atoms with Crippen molar-refractivity contribution >= 4 is 43.5 Å². The summed E-state index contributed by atoms with van der Waals surface area (Å²) in [4.78, 5) is 10.9. The van der Waals surface area contributed by atoms with Crippen molar-refractivity contribution < 1.29 is 9.18 Å². The summed E-state index contributed by atoms with van der Waals surface area (Å²) in [7, 11) is 0. The minimum absolute atomic E-state index is 0.0912. The Morgan fingerprint density at radius 1 is 1.27 bits per heavy atom. The Balaban J connectivity index is 2.80. The second-order valence-electron chi connectivity index (χ2n) is 3.07. The SMILES string of the molecule is O=C(Cl)c1ccc2cc(Br)ccc2c1F. The minimum atomic E-state index is -0.780. The van der Waals surface area contributed by atoms with E-state index in [0.29, 0.717) is 5.39 Å². The van der Waals surface area contributed by atoms with E-state index < -0.39 is 11.1 Å². The van der Waals surface area contributed by atoms with Crippen LogP contribution in [-0.4, -0.2) is 5.24 Å². The highest BCUT2D eigenvalue weighted by atomic mass is 79.9. The molecule has 0 heterocycles. The van der Waals surface area contributed by atoms with Gasteiger partial charge in [0.05, 0.1) is 5.56 Å². The zero-order valence-electron chi connectivity index (χ0n) is 7.43. The Kier molecular flexibility index (Phi) is 2.76. The number of carbonyl (C=O) groups excluding carboxylic acids is 1. The third-order valence-electron chi connectivity index (χ3n) is 2.13. The molecule has 2 rings (SSSR count). The number of carbonyl (C=O) groups is 1. The summed E-state index contributed by atoms with van der Waals surface area (Å²) >= 11 is 8.54. The standard InChI is InChI=1S/C11H5BrClFO/c12-7-2-4-8-6(5-7)1-3-9(10(8)14)11(13)15/h1-5H. The lowest BCUT2D eigenvalue weighted by Gasteiger charge is -2.03. The molecule has 0 fully saturated rings. The fourth-order valence-corrected chi connectivity index (χ4v) is 1.94. The molecule has 76 valence electrons. The summed E-state index contributed by atoms with van der Waals surface area (Å²) in [6, 6.07) is 8.16. The lowest BCUT2D eigenvalue weighted by atomic mass is 10.1. The normalized spacial score (nSPS) is 10.6. The highest BCUT2D eigenvalue weighted by Crippen LogP contribution is 2.25. The fraction of sp³-hybridized carbons (Fsp3) is 0. The Morgan fingerprint density at radius 3 is 2.67 bits per heavy atom. The Bertz CT molecular complexity index is 554. The molecular formula is C11H5BrClFO. The number of hydrogen-bond donors (Lipinski definition) is 0. The van der Waals surface area contributed by atoms with Gasteiger partial charge < -0.3 is 0 Å². The van der Waals surface area contributed by atoms with Crippen LogP contribution in [0.5, 0.6) is 0 Å². The summed E-state index contributed by atoms with van der Waals surface area (Å²) < 4.78 is 14.6. The second kappa shape index (κ2) is 3.91. The maximum atomic E-state index is 13.7. The molecule has 2 aromatic carbocycles. The summed E-state index contributed by atoms with van der Waals surface area (Å²) in [6.07, 6.45) is 0. The van der Waals surface area contributed by atoms with Gasteiger partial charge in [0.2, 0.25) is 0 Å². The van der Waals surface area contributed by atoms with E-state index in [4.69, 9.17) is 11.6 Å². The van der Waals surface area contributed by atoms with Gasteiger partial charge in [-0.05, 0) is 35.2 Å². The fourth-order valence-electron chi connectivity index (χ4n) is 1.41. The molecule has 15 heavy (non-hydrogen) atoms. The van der Waals surface area contributed by atoms with Gasteiger partial charge in [0, 0.05) is 9.86 Å². The van der Waals surface area contributed by atoms with Crippen molar-refractivity contribution in [2.75, 3.05) is 0 Å². The van der Waals surface area contributed by atoms with E-state index in [9.17, 15) is 9.18 Å². The molecule has 2 aromatic rings. The topological polar surface area (TPSA) is 17.1 Å². The van der Waals surface area contributed by atoms with E-state index in [1.54, 1.807) is 24.3 Å². The Morgan fingerprint density at radius 2 is 2.00 bits per heavy atom. The van der Waals surface area contributed by atoms with Gasteiger partial charge in [-0.15, -0.1) is 0 Å². The number of benzene rings is 2. The molecule has 4 heteroatoms. The minimum Gasteiger partial charge on any atom is -0.275 e. The largest absolute Gasteiger partial charge is 0.275 e. The van der Waals surface area contributed by atoms with E-state index >= 15 is 0 Å². The highest BCUT2D eigenvalue weighted by Gasteiger charge is 2.12. The van der Waals surface area contributed by atoms with Crippen molar-refractivity contribution in [3.63, 3.8) is 0 Å². The van der Waals surface area contributed by atoms with Crippen molar-refractivity contribution in [2.45, 2.75) is 0 Å². The van der Waals surface area contributed by atoms with Gasteiger partial charge in [0.25, 0.3) is 5.24 Å². The van der Waals surface area contributed by atoms with Crippen LogP contribution in [0.3, 0.4) is 0 Å². The summed E-state index contributed by atoms with van der Waals surface area (Å²) in [5, 5.41) is 0.338. The molecule has 0 radical (unpaired) electrons. The maximum absolute atomic E-state index is 13.7. The van der Waals surface area contributed by atoms with Crippen LogP contribution in [0, 0.1) is 5.82 Å². The van der Waals surface area contributed by atoms with Gasteiger partial charge in [-0.25, -0.2) is 4.39 Å². The molecule has 0 bridgehead atoms. The van der Waals surface area contributed by atoms with Crippen LogP contribution < -0.4 is 0 Å². The van der Waals surface area contributed by atoms with E-state index in [1.165, 1.54) is 6.07 Å². The van der Waals surface area contributed by atoms with Crippen molar-refractivity contribution in [3.8, 4) is 0 Å². The van der Waals surface area contributed by atoms with Gasteiger partial charge in [0.15, 0.2) is 0 Å². The summed E-state index contributed by atoms with van der Waals surface area (Å²) in [6.45, 7) is 0. The molecule has 0 aliphatic heterocycles. The first kappa shape index (κ1) is 10.6. The molecule has 0 aliphatic rings. The van der Waals surface area contributed by atoms with Crippen LogP contribution in [0.4, 0.5) is 4.39 Å². The van der Waals surface area contributed by atoms with Crippen molar-refractivity contribution in [3.05, 3.63) is 46.2 Å². The summed E-state index contributed by atoms with van der Waals surface area (Å²) in [5.74, 6) is -0.569. The van der Waals surface area contributed by atoms with Gasteiger partial charge in [-0.1, -0.05) is 28.1 Å². The van der Waals surface area contributed by atoms with Crippen LogP contribution in [-0.2, 0) is 0 Å². The zero-order valence-corrected chi connectivity index (χ0v) is 9.77. The first-order chi connectivity index (χ1) is 7.09. The van der Waals surface area contributed by atoms with E-state index in [1.807, 2.05) is 0 Å². The number of rotatable bonds is 1. The first-order valence-corrected chi connectivity index (χ1v) is 5.34. The third kappa shape index (κ3) is 1.90. The van der Waals surface area contributed by atoms with Gasteiger partial charge >= 0.3 is 0 Å². The van der Waals surface area contributed by atoms with Gasteiger partial charge in [-0.3, -0.25) is 4.79 Å². The van der Waals surface area contributed by atoms with Gasteiger partial charge in [0.1, 0.15) is 5.82 Å². The molecule has 0 spiro atoms. The zero-order chi connectivity index (χ0) is 11.0. The lowest BCUT2D eigenvalue weighted by Crippen LogP contribution is -1.94. The molecule has 0 saturated carbocycles. The average Bonchev–Trinajstić information content (AvgIpc) is 2.17. The van der Waals surface area contributed by atoms with Crippen molar-refractivity contribution in [1.29, 1.82) is 0 Å². The molecule has 1 nitrogen and oxygen atoms in total. The van der Waals surface area contributed by atoms with Crippen LogP contribution in [0.1, 0.15) is 10.4 Å². The smallest absolute Gasteiger partial charge is 0.255 e. The number of hydrogen-bond acceptors (Lipinski definition) is 1. The van der Waals surface area contributed by atoms with Crippen LogP contribution in [0.2, 0.25) is 0 Å². The van der Waals surface area contributed by atoms with E-state index in [0.717, 1.165) is 9.86 Å². The first-order valence-electron chi connectivity index (χ1n) is 4.17. The summed E-state index contributed by atoms with van der Waals surface area (Å²) in [5.41, 5.74) is -0.0912. The molecule has 0 aliphatic carbocycles. The molecule has 0 amide bonds. The van der Waals surface area contributed by atoms with E-state index in [-0.39, 0.29) is 5.56 Å². The average molecular weight is 288 g/mol. The van der Waals surface area contributed by atoms with Crippen LogP contribution >= 0.6 is 27.5 Å². The Labute approximate surface area is 99.0 Å². The highest BCUT2D eigenvalue weighted by molar-refractivity contribution is 9.10. The number of fused-ring (bicyclic) bond motifs is 1. The molecular weight excluding hydrogens is 282 g/mol. The second-order valence-corrected chi connectivity index (χ2v) is 4.33. The molecule has 0 N–H and O–H groups in total. The van der Waals surface area contributed by atoms with Crippen molar-refractivity contribution in [2.24, 2.45) is 0 Å². The lowest BCUT2D eigenvalue weighted by molar-refractivity contribution is 0.107. The molecule has 0 saturated heterocycles. The third-order valence-corrected chi connectivity index (χ3v) is 2.82. The molecule has 0 atom stereocenters. The van der Waals surface area contributed by atoms with E-state index in [2.05, 4.69) is 15.9 Å². The maximum Gasteiger partial charge on any atom is 0.255 e. The number of halogens is 3. The predicted molar refractivity (Wildman–Crippen MR) is 61.8 cm³/mol. The molecule has 0 aromatic heterocycles. The monoisotopic (exact) mass is 286 g/mol. The predicted octanol–water partition coefficient (Wildman–Crippen LogP) is 4.12. The molecule has 0 unspecified atom stereocenters.